The number of hydrogen-bond acceptors (Lipinski definition) is 8. The maximum atomic E-state index is 13.6. The van der Waals surface area contributed by atoms with E-state index in [0.717, 1.165) is 5.70 Å². The monoisotopic (exact) mass is 546 g/mol. The lowest BCUT2D eigenvalue weighted by Gasteiger charge is -2.43. The summed E-state index contributed by atoms with van der Waals surface area (Å²) in [5, 5.41) is 19.9. The fourth-order valence-corrected chi connectivity index (χ4v) is 5.57. The topological polar surface area (TPSA) is 122 Å². The van der Waals surface area contributed by atoms with Gasteiger partial charge in [-0.1, -0.05) is 43.6 Å². The van der Waals surface area contributed by atoms with Gasteiger partial charge >= 0.3 is 0 Å². The Hall–Kier alpha value is -3.98. The number of nitrogens with zero attached hydrogens (tertiary/aromatic N) is 3. The van der Waals surface area contributed by atoms with Crippen LogP contribution >= 0.6 is 11.6 Å². The highest BCUT2D eigenvalue weighted by atomic mass is 35.5. The number of allylic oxidation sites excluding steroid dienone is 3. The summed E-state index contributed by atoms with van der Waals surface area (Å²) in [6.45, 7) is 5.01. The van der Waals surface area contributed by atoms with Crippen molar-refractivity contribution >= 4 is 17.4 Å². The van der Waals surface area contributed by atoms with E-state index in [1.54, 1.807) is 31.4 Å². The number of halogens is 1. The molecule has 39 heavy (non-hydrogen) atoms. The van der Waals surface area contributed by atoms with E-state index in [1.165, 1.54) is 7.11 Å². The molecular formula is C30H31ClN4O4. The molecule has 1 atom stereocenters. The van der Waals surface area contributed by atoms with E-state index < -0.39 is 5.92 Å². The molecule has 2 aromatic rings. The first-order valence-electron chi connectivity index (χ1n) is 12.6. The third-order valence-electron chi connectivity index (χ3n) is 7.10. The lowest BCUT2D eigenvalue weighted by atomic mass is 9.68. The number of hydrogen-bond donors (Lipinski definition) is 1. The Labute approximate surface area is 233 Å². The second-order valence-corrected chi connectivity index (χ2v) is 10.8. The van der Waals surface area contributed by atoms with E-state index in [2.05, 4.69) is 12.1 Å². The van der Waals surface area contributed by atoms with Gasteiger partial charge in [-0.05, 0) is 35.6 Å². The molecular weight excluding hydrogens is 516 g/mol. The fraction of sp³-hybridized carbons (Fsp3) is 0.367. The molecule has 0 amide bonds. The number of benzene rings is 2. The normalized spacial score (nSPS) is 18.4. The van der Waals surface area contributed by atoms with Gasteiger partial charge in [-0.15, -0.1) is 0 Å². The number of ketones is 1. The van der Waals surface area contributed by atoms with E-state index in [4.69, 9.17) is 31.5 Å². The Morgan fingerprint density at radius 3 is 2.56 bits per heavy atom. The van der Waals surface area contributed by atoms with Gasteiger partial charge in [-0.2, -0.15) is 10.5 Å². The van der Waals surface area contributed by atoms with E-state index in [9.17, 15) is 15.3 Å². The largest absolute Gasteiger partial charge is 0.493 e. The predicted molar refractivity (Wildman–Crippen MR) is 147 cm³/mol. The molecule has 2 N–H and O–H groups in total. The summed E-state index contributed by atoms with van der Waals surface area (Å²) in [4.78, 5) is 15.5. The molecule has 202 valence electrons. The first kappa shape index (κ1) is 28.0. The van der Waals surface area contributed by atoms with Crippen LogP contribution in [0.5, 0.6) is 11.5 Å². The van der Waals surface area contributed by atoms with Crippen molar-refractivity contribution in [3.05, 3.63) is 80.8 Å². The van der Waals surface area contributed by atoms with Crippen LogP contribution in [0.2, 0.25) is 5.02 Å². The van der Waals surface area contributed by atoms with Gasteiger partial charge in [0.2, 0.25) is 0 Å². The Morgan fingerprint density at radius 2 is 1.90 bits per heavy atom. The average molecular weight is 547 g/mol. The van der Waals surface area contributed by atoms with Gasteiger partial charge in [0.15, 0.2) is 17.3 Å². The van der Waals surface area contributed by atoms with Crippen molar-refractivity contribution in [2.75, 3.05) is 27.4 Å². The van der Waals surface area contributed by atoms with Crippen LogP contribution in [0, 0.1) is 28.1 Å². The molecule has 0 bridgehead atoms. The van der Waals surface area contributed by atoms with Crippen LogP contribution < -0.4 is 15.2 Å². The molecule has 0 saturated carbocycles. The minimum absolute atomic E-state index is 0.0301. The quantitative estimate of drug-likeness (QED) is 0.480. The molecule has 9 heteroatoms. The highest BCUT2D eigenvalue weighted by Gasteiger charge is 2.44. The van der Waals surface area contributed by atoms with Crippen LogP contribution in [-0.2, 0) is 16.1 Å². The van der Waals surface area contributed by atoms with Crippen molar-refractivity contribution in [1.82, 2.24) is 4.90 Å². The number of carbonyl (C=O) groups excluding carboxylic acids is 1. The average Bonchev–Trinajstić information content (AvgIpc) is 2.90. The maximum absolute atomic E-state index is 13.6. The second kappa shape index (κ2) is 11.4. The van der Waals surface area contributed by atoms with Crippen molar-refractivity contribution in [1.29, 1.82) is 10.5 Å². The van der Waals surface area contributed by atoms with Crippen LogP contribution in [0.1, 0.15) is 49.3 Å². The molecule has 1 aliphatic heterocycles. The second-order valence-electron chi connectivity index (χ2n) is 10.4. The number of Topliss-reactive ketones (excluding diaryl/α,β-unsaturated/α-hetero) is 1. The van der Waals surface area contributed by atoms with E-state index in [-0.39, 0.29) is 28.4 Å². The smallest absolute Gasteiger partial charge is 0.180 e. The molecule has 1 aliphatic carbocycles. The number of ether oxygens (including phenoxy) is 3. The number of nitrogens with two attached hydrogens (primary N) is 1. The number of methoxy groups -OCH3 is 2. The summed E-state index contributed by atoms with van der Waals surface area (Å²) in [6.07, 6.45) is 0.974. The Bertz CT molecular complexity index is 1450. The third-order valence-corrected chi connectivity index (χ3v) is 7.38. The van der Waals surface area contributed by atoms with Gasteiger partial charge in [0.05, 0.1) is 47.9 Å². The fourth-order valence-electron chi connectivity index (χ4n) is 5.30. The summed E-state index contributed by atoms with van der Waals surface area (Å²) in [7, 11) is 3.09. The SMILES string of the molecule is COCCN1C(N)=C(C#N)[C@H](c2cc(Cl)c(OCc3ccccc3C#N)c(OC)c2)C2=C1CC(C)(C)CC2=O. The predicted octanol–water partition coefficient (Wildman–Crippen LogP) is 5.18. The van der Waals surface area contributed by atoms with Gasteiger partial charge in [0.25, 0.3) is 0 Å². The minimum atomic E-state index is -0.702. The first-order valence-corrected chi connectivity index (χ1v) is 12.9. The summed E-state index contributed by atoms with van der Waals surface area (Å²) >= 11 is 6.73. The molecule has 8 nitrogen and oxygen atoms in total. The molecule has 0 radical (unpaired) electrons. The van der Waals surface area contributed by atoms with Crippen molar-refractivity contribution in [3.63, 3.8) is 0 Å². The highest BCUT2D eigenvalue weighted by molar-refractivity contribution is 6.32. The van der Waals surface area contributed by atoms with E-state index in [1.807, 2.05) is 30.9 Å². The van der Waals surface area contributed by atoms with Gasteiger partial charge in [-0.25, -0.2) is 0 Å². The van der Waals surface area contributed by atoms with Crippen molar-refractivity contribution in [3.8, 4) is 23.6 Å². The van der Waals surface area contributed by atoms with Crippen LogP contribution in [-0.4, -0.2) is 38.1 Å². The lowest BCUT2D eigenvalue weighted by molar-refractivity contribution is -0.118. The molecule has 0 saturated heterocycles. The van der Waals surface area contributed by atoms with Gasteiger partial charge in [0.1, 0.15) is 12.4 Å². The van der Waals surface area contributed by atoms with E-state index in [0.29, 0.717) is 65.6 Å². The molecule has 0 spiro atoms. The van der Waals surface area contributed by atoms with Crippen LogP contribution in [0.25, 0.3) is 0 Å². The zero-order chi connectivity index (χ0) is 28.3. The summed E-state index contributed by atoms with van der Waals surface area (Å²) in [6, 6.07) is 15.0. The molecule has 0 aromatic heterocycles. The number of nitriles is 2. The Morgan fingerprint density at radius 1 is 1.15 bits per heavy atom. The zero-order valence-electron chi connectivity index (χ0n) is 22.5. The number of carbonyl (C=O) groups is 1. The Kier molecular flexibility index (Phi) is 8.20. The molecule has 2 aliphatic rings. The van der Waals surface area contributed by atoms with Crippen LogP contribution in [0.15, 0.2) is 59.1 Å². The minimum Gasteiger partial charge on any atom is -0.493 e. The zero-order valence-corrected chi connectivity index (χ0v) is 23.3. The lowest BCUT2D eigenvalue weighted by Crippen LogP contribution is -2.43. The van der Waals surface area contributed by atoms with Crippen molar-refractivity contribution in [2.45, 2.75) is 39.2 Å². The molecule has 0 fully saturated rings. The summed E-state index contributed by atoms with van der Waals surface area (Å²) < 4.78 is 16.9. The molecule has 2 aromatic carbocycles. The molecule has 1 heterocycles. The van der Waals surface area contributed by atoms with Gasteiger partial charge in [0, 0.05) is 36.9 Å². The third kappa shape index (κ3) is 5.45. The maximum Gasteiger partial charge on any atom is 0.180 e. The Balaban J connectivity index is 1.81. The standard InChI is InChI=1S/C30H31ClN4O4/c1-30(2)13-23-27(24(36)14-30)26(21(16-33)29(34)35(23)9-10-37-3)20-11-22(31)28(25(12-20)38-4)39-17-19-8-6-5-7-18(19)15-32/h5-8,11-12,26H,9-10,13-14,17,34H2,1-4H3/t26-/m0/s1. The van der Waals surface area contributed by atoms with Gasteiger partial charge in [-0.3, -0.25) is 4.79 Å². The van der Waals surface area contributed by atoms with Crippen LogP contribution in [0.3, 0.4) is 0 Å². The van der Waals surface area contributed by atoms with Crippen LogP contribution in [0.4, 0.5) is 0 Å². The molecule has 0 unspecified atom stereocenters. The molecule has 4 rings (SSSR count). The highest BCUT2D eigenvalue weighted by Crippen LogP contribution is 2.50. The number of rotatable bonds is 8. The van der Waals surface area contributed by atoms with E-state index >= 15 is 0 Å². The summed E-state index contributed by atoms with van der Waals surface area (Å²) in [5.74, 6) is 0.209. The van der Waals surface area contributed by atoms with Crippen molar-refractivity contribution in [2.24, 2.45) is 11.1 Å². The first-order chi connectivity index (χ1) is 18.6. The van der Waals surface area contributed by atoms with Crippen molar-refractivity contribution < 1.29 is 19.0 Å². The summed E-state index contributed by atoms with van der Waals surface area (Å²) in [5.41, 5.74) is 9.76. The van der Waals surface area contributed by atoms with Gasteiger partial charge < -0.3 is 24.8 Å².